The van der Waals surface area contributed by atoms with Crippen molar-refractivity contribution in [2.75, 3.05) is 25.0 Å². The number of pyridine rings is 1. The zero-order valence-electron chi connectivity index (χ0n) is 17.2. The molecule has 0 bridgehead atoms. The summed E-state index contributed by atoms with van der Waals surface area (Å²) in [6, 6.07) is 7.32. The molecule has 7 nitrogen and oxygen atoms in total. The third kappa shape index (κ3) is 6.03. The number of alkyl halides is 3. The lowest BCUT2D eigenvalue weighted by atomic mass is 10.1. The quantitative estimate of drug-likeness (QED) is 0.668. The van der Waals surface area contributed by atoms with Crippen LogP contribution in [0, 0.1) is 6.92 Å². The Morgan fingerprint density at radius 3 is 2.35 bits per heavy atom. The van der Waals surface area contributed by atoms with E-state index in [2.05, 4.69) is 10.3 Å². The highest BCUT2D eigenvalue weighted by atomic mass is 19.4. The highest BCUT2D eigenvalue weighted by Gasteiger charge is 2.33. The minimum atomic E-state index is -4.63. The predicted molar refractivity (Wildman–Crippen MR) is 107 cm³/mol. The largest absolute Gasteiger partial charge is 0.462 e. The second-order valence-corrected chi connectivity index (χ2v) is 6.46. The molecule has 0 aliphatic heterocycles. The van der Waals surface area contributed by atoms with Crippen LogP contribution in [0.5, 0.6) is 0 Å². The Kier molecular flexibility index (Phi) is 7.73. The smallest absolute Gasteiger partial charge is 0.418 e. The molecule has 2 aromatic rings. The number of aryl methyl sites for hydroxylation is 1. The lowest BCUT2D eigenvalue weighted by molar-refractivity contribution is -0.137. The van der Waals surface area contributed by atoms with Gasteiger partial charge in [-0.05, 0) is 45.0 Å². The first-order valence-electron chi connectivity index (χ1n) is 9.48. The van der Waals surface area contributed by atoms with Crippen LogP contribution in [0.2, 0.25) is 0 Å². The number of nitrogens with one attached hydrogen (secondary N) is 1. The van der Waals surface area contributed by atoms with Gasteiger partial charge in [0, 0.05) is 6.54 Å². The Balaban J connectivity index is 2.15. The number of hydrogen-bond donors (Lipinski definition) is 1. The summed E-state index contributed by atoms with van der Waals surface area (Å²) in [6.07, 6.45) is -4.63. The van der Waals surface area contributed by atoms with E-state index in [1.54, 1.807) is 20.8 Å². The van der Waals surface area contributed by atoms with Gasteiger partial charge in [-0.15, -0.1) is 0 Å². The van der Waals surface area contributed by atoms with Crippen molar-refractivity contribution in [1.29, 1.82) is 0 Å². The second-order valence-electron chi connectivity index (χ2n) is 6.46. The van der Waals surface area contributed by atoms with Gasteiger partial charge >= 0.3 is 12.1 Å². The topological polar surface area (TPSA) is 88.6 Å². The van der Waals surface area contributed by atoms with E-state index in [4.69, 9.17) is 4.74 Å². The predicted octanol–water partition coefficient (Wildman–Crippen LogP) is 3.69. The van der Waals surface area contributed by atoms with Crippen molar-refractivity contribution in [1.82, 2.24) is 9.88 Å². The van der Waals surface area contributed by atoms with Gasteiger partial charge in [-0.3, -0.25) is 9.59 Å². The maximum absolute atomic E-state index is 13.1. The maximum Gasteiger partial charge on any atom is 0.418 e. The minimum absolute atomic E-state index is 0.00381. The second kappa shape index (κ2) is 10.1. The van der Waals surface area contributed by atoms with Gasteiger partial charge in [0.25, 0.3) is 5.91 Å². The van der Waals surface area contributed by atoms with Gasteiger partial charge in [-0.1, -0.05) is 12.1 Å². The number of halogens is 3. The van der Waals surface area contributed by atoms with E-state index in [1.807, 2.05) is 0 Å². The lowest BCUT2D eigenvalue weighted by Gasteiger charge is -2.21. The Labute approximate surface area is 177 Å². The third-order valence-electron chi connectivity index (χ3n) is 4.31. The summed E-state index contributed by atoms with van der Waals surface area (Å²) in [5, 5.41) is 2.20. The van der Waals surface area contributed by atoms with Crippen LogP contribution in [0.25, 0.3) is 0 Å². The molecule has 2 rings (SSSR count). The number of para-hydroxylation sites is 1. The molecule has 0 unspecified atom stereocenters. The molecule has 0 aliphatic carbocycles. The minimum Gasteiger partial charge on any atom is -0.462 e. The molecule has 1 N–H and O–H groups in total. The van der Waals surface area contributed by atoms with Gasteiger partial charge in [0.15, 0.2) is 0 Å². The maximum atomic E-state index is 13.1. The molecule has 10 heteroatoms. The monoisotopic (exact) mass is 437 g/mol. The Morgan fingerprint density at radius 1 is 1.10 bits per heavy atom. The van der Waals surface area contributed by atoms with Crippen molar-refractivity contribution in [2.24, 2.45) is 0 Å². The number of carbonyl (C=O) groups is 3. The van der Waals surface area contributed by atoms with Crippen molar-refractivity contribution < 1.29 is 32.3 Å². The van der Waals surface area contributed by atoms with E-state index in [0.717, 1.165) is 17.0 Å². The first kappa shape index (κ1) is 23.8. The van der Waals surface area contributed by atoms with Crippen molar-refractivity contribution >= 4 is 23.5 Å². The van der Waals surface area contributed by atoms with Gasteiger partial charge < -0.3 is 15.0 Å². The fourth-order valence-corrected chi connectivity index (χ4v) is 2.80. The summed E-state index contributed by atoms with van der Waals surface area (Å²) in [5.41, 5.74) is -0.886. The van der Waals surface area contributed by atoms with Crippen LogP contribution in [-0.4, -0.2) is 47.4 Å². The van der Waals surface area contributed by atoms with Crippen LogP contribution >= 0.6 is 0 Å². The molecular weight excluding hydrogens is 415 g/mol. The molecule has 2 amide bonds. The highest BCUT2D eigenvalue weighted by molar-refractivity contribution is 5.99. The van der Waals surface area contributed by atoms with Crippen molar-refractivity contribution in [3.05, 3.63) is 58.9 Å². The number of ether oxygens (including phenoxy) is 1. The number of aromatic nitrogens is 1. The van der Waals surface area contributed by atoms with Crippen molar-refractivity contribution in [3.63, 3.8) is 0 Å². The number of amides is 2. The molecule has 0 saturated carbocycles. The number of rotatable bonds is 7. The van der Waals surface area contributed by atoms with Crippen LogP contribution in [0.15, 0.2) is 36.4 Å². The average molecular weight is 437 g/mol. The van der Waals surface area contributed by atoms with E-state index in [1.165, 1.54) is 24.3 Å². The zero-order valence-corrected chi connectivity index (χ0v) is 17.2. The number of benzene rings is 1. The fraction of sp³-hybridized carbons (Fsp3) is 0.333. The van der Waals surface area contributed by atoms with E-state index in [-0.39, 0.29) is 30.1 Å². The number of carbonyl (C=O) groups excluding carboxylic acids is 3. The first-order chi connectivity index (χ1) is 14.6. The van der Waals surface area contributed by atoms with Crippen LogP contribution in [-0.2, 0) is 15.7 Å². The normalized spacial score (nSPS) is 11.0. The number of likely N-dealkylation sites (N-methyl/N-ethyl adjacent to an activating group) is 1. The zero-order chi connectivity index (χ0) is 23.2. The standard InChI is InChI=1S/C21H22F3N3O4/c1-4-27(12-18(28)26-16-9-7-6-8-15(16)21(22,23)24)19(29)17-11-10-14(13(3)25-17)20(30)31-5-2/h6-11H,4-5,12H2,1-3H3,(H,26,28). The van der Waals surface area contributed by atoms with Gasteiger partial charge in [-0.25, -0.2) is 9.78 Å². The van der Waals surface area contributed by atoms with E-state index in [9.17, 15) is 27.6 Å². The van der Waals surface area contributed by atoms with Crippen LogP contribution < -0.4 is 5.32 Å². The Morgan fingerprint density at radius 2 is 1.77 bits per heavy atom. The van der Waals surface area contributed by atoms with Crippen LogP contribution in [0.3, 0.4) is 0 Å². The molecule has 0 atom stereocenters. The fourth-order valence-electron chi connectivity index (χ4n) is 2.80. The van der Waals surface area contributed by atoms with Gasteiger partial charge in [0.2, 0.25) is 5.91 Å². The highest BCUT2D eigenvalue weighted by Crippen LogP contribution is 2.34. The van der Waals surface area contributed by atoms with E-state index < -0.39 is 41.8 Å². The summed E-state index contributed by atoms with van der Waals surface area (Å²) < 4.78 is 44.2. The Bertz CT molecular complexity index is 977. The summed E-state index contributed by atoms with van der Waals surface area (Å²) in [6.45, 7) is 4.66. The molecule has 0 radical (unpaired) electrons. The summed E-state index contributed by atoms with van der Waals surface area (Å²) in [7, 11) is 0. The average Bonchev–Trinajstić information content (AvgIpc) is 2.71. The van der Waals surface area contributed by atoms with E-state index in [0.29, 0.717) is 0 Å². The number of nitrogens with zero attached hydrogens (tertiary/aromatic N) is 2. The van der Waals surface area contributed by atoms with E-state index >= 15 is 0 Å². The summed E-state index contributed by atoms with van der Waals surface area (Å²) in [4.78, 5) is 42.2. The van der Waals surface area contributed by atoms with Crippen LogP contribution in [0.4, 0.5) is 18.9 Å². The third-order valence-corrected chi connectivity index (χ3v) is 4.31. The van der Waals surface area contributed by atoms with Crippen LogP contribution in [0.1, 0.15) is 46.0 Å². The molecular formula is C21H22F3N3O4. The van der Waals surface area contributed by atoms with Gasteiger partial charge in [-0.2, -0.15) is 13.2 Å². The van der Waals surface area contributed by atoms with Gasteiger partial charge in [0.1, 0.15) is 12.2 Å². The molecule has 166 valence electrons. The summed E-state index contributed by atoms with van der Waals surface area (Å²) >= 11 is 0. The molecule has 1 heterocycles. The lowest BCUT2D eigenvalue weighted by Crippen LogP contribution is -2.38. The van der Waals surface area contributed by atoms with Crippen molar-refractivity contribution in [2.45, 2.75) is 26.9 Å². The SMILES string of the molecule is CCOC(=O)c1ccc(C(=O)N(CC)CC(=O)Nc2ccccc2C(F)(F)F)nc1C. The number of anilines is 1. The first-order valence-corrected chi connectivity index (χ1v) is 9.48. The molecule has 0 saturated heterocycles. The van der Waals surface area contributed by atoms with Gasteiger partial charge in [0.05, 0.1) is 29.1 Å². The Hall–Kier alpha value is -3.43. The number of esters is 1. The molecule has 0 aliphatic rings. The molecule has 0 fully saturated rings. The van der Waals surface area contributed by atoms with Crippen molar-refractivity contribution in [3.8, 4) is 0 Å². The molecule has 1 aromatic heterocycles. The summed E-state index contributed by atoms with van der Waals surface area (Å²) in [5.74, 6) is -1.95. The molecule has 1 aromatic carbocycles. The number of hydrogen-bond acceptors (Lipinski definition) is 5. The molecule has 31 heavy (non-hydrogen) atoms. The molecule has 0 spiro atoms.